The highest BCUT2D eigenvalue weighted by Crippen LogP contribution is 2.36. The summed E-state index contributed by atoms with van der Waals surface area (Å²) in [5.41, 5.74) is 0. The third-order valence-corrected chi connectivity index (χ3v) is 4.78. The Hall–Kier alpha value is -0.940. The number of hydrogen-bond acceptors (Lipinski definition) is 4. The van der Waals surface area contributed by atoms with Crippen LogP contribution in [0.5, 0.6) is 0 Å². The summed E-state index contributed by atoms with van der Waals surface area (Å²) in [6.07, 6.45) is 7.38. The predicted molar refractivity (Wildman–Crippen MR) is 72.5 cm³/mol. The molecule has 2 fully saturated rings. The summed E-state index contributed by atoms with van der Waals surface area (Å²) in [7, 11) is 0. The van der Waals surface area contributed by atoms with Gasteiger partial charge in [0.05, 0.1) is 12.6 Å². The summed E-state index contributed by atoms with van der Waals surface area (Å²) in [4.78, 5) is 6.89. The van der Waals surface area contributed by atoms with Gasteiger partial charge in [0, 0.05) is 18.5 Å². The van der Waals surface area contributed by atoms with E-state index in [-0.39, 0.29) is 6.10 Å². The molecule has 2 heterocycles. The van der Waals surface area contributed by atoms with Crippen LogP contribution in [0.1, 0.15) is 44.9 Å². The molecule has 106 valence electrons. The molecule has 1 aliphatic heterocycles. The highest BCUT2D eigenvalue weighted by Gasteiger charge is 2.38. The Morgan fingerprint density at radius 1 is 1.32 bits per heavy atom. The minimum absolute atomic E-state index is 0.0883. The minimum Gasteiger partial charge on any atom is -0.393 e. The Labute approximate surface area is 114 Å². The van der Waals surface area contributed by atoms with Gasteiger partial charge in [-0.2, -0.15) is 5.10 Å². The van der Waals surface area contributed by atoms with Crippen LogP contribution in [0.25, 0.3) is 0 Å². The van der Waals surface area contributed by atoms with Gasteiger partial charge < -0.3 is 5.11 Å². The number of aliphatic hydroxyl groups excluding tert-OH is 1. The first-order valence-corrected chi connectivity index (χ1v) is 7.58. The largest absolute Gasteiger partial charge is 0.393 e. The normalized spacial score (nSPS) is 32.2. The molecule has 0 radical (unpaired) electrons. The third-order valence-electron chi connectivity index (χ3n) is 4.78. The Balaban J connectivity index is 1.69. The highest BCUT2D eigenvalue weighted by atomic mass is 16.3. The topological polar surface area (TPSA) is 54.2 Å². The number of aliphatic hydroxyl groups is 1. The Kier molecular flexibility index (Phi) is 3.84. The van der Waals surface area contributed by atoms with Crippen molar-refractivity contribution in [1.29, 1.82) is 0 Å². The number of rotatable bonds is 4. The first-order chi connectivity index (χ1) is 9.29. The second-order valence-electron chi connectivity index (χ2n) is 5.83. The van der Waals surface area contributed by atoms with Crippen molar-refractivity contribution in [1.82, 2.24) is 19.7 Å². The molecule has 3 atom stereocenters. The fraction of sp³-hybridized carbons (Fsp3) is 0.857. The van der Waals surface area contributed by atoms with Crippen LogP contribution in [-0.2, 0) is 13.1 Å². The monoisotopic (exact) mass is 264 g/mol. The standard InChI is InChI=1S/C14H24N4O/c1-2-18-14(15-10-16-18)9-17-8-4-6-12(17)11-5-3-7-13(11)19/h10-13,19H,2-9H2,1H3. The smallest absolute Gasteiger partial charge is 0.141 e. The van der Waals surface area contributed by atoms with Gasteiger partial charge in [0.1, 0.15) is 12.2 Å². The van der Waals surface area contributed by atoms with Gasteiger partial charge in [-0.05, 0) is 39.2 Å². The molecule has 1 saturated carbocycles. The first kappa shape index (κ1) is 13.1. The SMILES string of the molecule is CCn1ncnc1CN1CCCC1C1CCCC1O. The van der Waals surface area contributed by atoms with E-state index in [4.69, 9.17) is 0 Å². The van der Waals surface area contributed by atoms with E-state index in [2.05, 4.69) is 21.9 Å². The van der Waals surface area contributed by atoms with Crippen LogP contribution in [0.15, 0.2) is 6.33 Å². The molecule has 19 heavy (non-hydrogen) atoms. The maximum Gasteiger partial charge on any atom is 0.141 e. The van der Waals surface area contributed by atoms with Crippen molar-refractivity contribution in [3.8, 4) is 0 Å². The molecule has 2 aliphatic rings. The average molecular weight is 264 g/mol. The maximum atomic E-state index is 10.1. The zero-order chi connectivity index (χ0) is 13.2. The molecule has 0 aromatic carbocycles. The summed E-state index contributed by atoms with van der Waals surface area (Å²) in [6, 6.07) is 0.541. The fourth-order valence-corrected chi connectivity index (χ4v) is 3.81. The molecule has 1 aromatic heterocycles. The van der Waals surface area contributed by atoms with Crippen LogP contribution in [0.3, 0.4) is 0 Å². The Morgan fingerprint density at radius 3 is 2.95 bits per heavy atom. The van der Waals surface area contributed by atoms with Crippen LogP contribution >= 0.6 is 0 Å². The van der Waals surface area contributed by atoms with Gasteiger partial charge >= 0.3 is 0 Å². The molecule has 1 aromatic rings. The lowest BCUT2D eigenvalue weighted by Crippen LogP contribution is -2.39. The Morgan fingerprint density at radius 2 is 2.21 bits per heavy atom. The molecule has 1 N–H and O–H groups in total. The average Bonchev–Trinajstić information content (AvgIpc) is 3.10. The van der Waals surface area contributed by atoms with Crippen molar-refractivity contribution in [2.75, 3.05) is 6.54 Å². The van der Waals surface area contributed by atoms with E-state index < -0.39 is 0 Å². The van der Waals surface area contributed by atoms with E-state index in [1.54, 1.807) is 6.33 Å². The minimum atomic E-state index is -0.0883. The zero-order valence-electron chi connectivity index (χ0n) is 11.7. The van der Waals surface area contributed by atoms with E-state index in [1.165, 1.54) is 25.7 Å². The molecule has 1 saturated heterocycles. The van der Waals surface area contributed by atoms with Crippen LogP contribution in [0, 0.1) is 5.92 Å². The van der Waals surface area contributed by atoms with Crippen molar-refractivity contribution >= 4 is 0 Å². The molecule has 3 rings (SSSR count). The zero-order valence-corrected chi connectivity index (χ0v) is 11.7. The summed E-state index contributed by atoms with van der Waals surface area (Å²) in [5, 5.41) is 14.4. The van der Waals surface area contributed by atoms with Crippen molar-refractivity contribution in [2.45, 2.75) is 64.3 Å². The van der Waals surface area contributed by atoms with E-state index in [9.17, 15) is 5.11 Å². The number of aryl methyl sites for hydroxylation is 1. The van der Waals surface area contributed by atoms with Gasteiger partial charge in [0.15, 0.2) is 0 Å². The molecule has 5 heteroatoms. The number of aromatic nitrogens is 3. The van der Waals surface area contributed by atoms with Crippen LogP contribution in [0.4, 0.5) is 0 Å². The second-order valence-corrected chi connectivity index (χ2v) is 5.83. The first-order valence-electron chi connectivity index (χ1n) is 7.58. The molecule has 5 nitrogen and oxygen atoms in total. The van der Waals surface area contributed by atoms with Crippen LogP contribution in [0.2, 0.25) is 0 Å². The summed E-state index contributed by atoms with van der Waals surface area (Å²) < 4.78 is 1.97. The molecule has 3 unspecified atom stereocenters. The van der Waals surface area contributed by atoms with Crippen LogP contribution in [-0.4, -0.2) is 43.5 Å². The fourth-order valence-electron chi connectivity index (χ4n) is 3.81. The molecule has 0 spiro atoms. The summed E-state index contributed by atoms with van der Waals surface area (Å²) in [5.74, 6) is 1.53. The van der Waals surface area contributed by atoms with E-state index >= 15 is 0 Å². The van der Waals surface area contributed by atoms with Gasteiger partial charge in [-0.1, -0.05) is 6.42 Å². The quantitative estimate of drug-likeness (QED) is 0.893. The van der Waals surface area contributed by atoms with E-state index in [1.807, 2.05) is 4.68 Å². The number of hydrogen-bond donors (Lipinski definition) is 1. The predicted octanol–water partition coefficient (Wildman–Crippen LogP) is 1.42. The van der Waals surface area contributed by atoms with Gasteiger partial charge in [-0.3, -0.25) is 4.90 Å². The van der Waals surface area contributed by atoms with Gasteiger partial charge in [0.25, 0.3) is 0 Å². The summed E-state index contributed by atoms with van der Waals surface area (Å²) >= 11 is 0. The molecular weight excluding hydrogens is 240 g/mol. The third kappa shape index (κ3) is 2.54. The lowest BCUT2D eigenvalue weighted by atomic mass is 9.94. The molecular formula is C14H24N4O. The van der Waals surface area contributed by atoms with E-state index in [0.29, 0.717) is 12.0 Å². The molecule has 1 aliphatic carbocycles. The van der Waals surface area contributed by atoms with Crippen molar-refractivity contribution in [2.24, 2.45) is 5.92 Å². The van der Waals surface area contributed by atoms with Crippen molar-refractivity contribution in [3.63, 3.8) is 0 Å². The highest BCUT2D eigenvalue weighted by molar-refractivity contribution is 4.94. The van der Waals surface area contributed by atoms with Crippen molar-refractivity contribution in [3.05, 3.63) is 12.2 Å². The molecule has 0 bridgehead atoms. The van der Waals surface area contributed by atoms with Crippen LogP contribution < -0.4 is 0 Å². The van der Waals surface area contributed by atoms with Gasteiger partial charge in [-0.15, -0.1) is 0 Å². The Bertz CT molecular complexity index is 419. The number of nitrogens with zero attached hydrogens (tertiary/aromatic N) is 4. The lowest BCUT2D eigenvalue weighted by molar-refractivity contribution is 0.0703. The van der Waals surface area contributed by atoms with Gasteiger partial charge in [-0.25, -0.2) is 9.67 Å². The second kappa shape index (κ2) is 5.59. The van der Waals surface area contributed by atoms with E-state index in [0.717, 1.165) is 31.9 Å². The van der Waals surface area contributed by atoms with Gasteiger partial charge in [0.2, 0.25) is 0 Å². The van der Waals surface area contributed by atoms with Crippen molar-refractivity contribution < 1.29 is 5.11 Å². The lowest BCUT2D eigenvalue weighted by Gasteiger charge is -2.30. The molecule has 0 amide bonds. The number of likely N-dealkylation sites (tertiary alicyclic amines) is 1. The maximum absolute atomic E-state index is 10.1. The summed E-state index contributed by atoms with van der Waals surface area (Å²) in [6.45, 7) is 4.98.